The summed E-state index contributed by atoms with van der Waals surface area (Å²) in [4.78, 5) is 0. The number of para-hydroxylation sites is 2. The van der Waals surface area contributed by atoms with Gasteiger partial charge in [0.1, 0.15) is 5.75 Å². The average Bonchev–Trinajstić information content (AvgIpc) is 2.58. The third kappa shape index (κ3) is 4.93. The predicted octanol–water partition coefficient (Wildman–Crippen LogP) is 4.30. The zero-order valence-corrected chi connectivity index (χ0v) is 14.9. The van der Waals surface area contributed by atoms with Gasteiger partial charge < -0.3 is 10.1 Å². The fourth-order valence-corrected chi connectivity index (χ4v) is 2.40. The summed E-state index contributed by atoms with van der Waals surface area (Å²) in [5.41, 5.74) is 7.08. The largest absolute Gasteiger partial charge is 0.496 e. The van der Waals surface area contributed by atoms with Gasteiger partial charge in [0.05, 0.1) is 7.11 Å². The van der Waals surface area contributed by atoms with E-state index in [1.54, 1.807) is 13.3 Å². The second-order valence-electron chi connectivity index (χ2n) is 5.21. The number of nitrogens with one attached hydrogen (secondary N) is 2. The fourth-order valence-electron chi connectivity index (χ4n) is 2.24. The van der Waals surface area contributed by atoms with Crippen LogP contribution in [0, 0.1) is 13.8 Å². The molecule has 0 atom stereocenters. The predicted molar refractivity (Wildman–Crippen MR) is 106 cm³/mol. The molecular formula is C19H21N3OS. The molecule has 0 unspecified atom stereocenters. The Kier molecular flexibility index (Phi) is 6.51. The monoisotopic (exact) mass is 339 g/mol. The molecule has 2 rings (SSSR count). The van der Waals surface area contributed by atoms with Crippen LogP contribution in [-0.2, 0) is 0 Å². The zero-order chi connectivity index (χ0) is 17.4. The van der Waals surface area contributed by atoms with Crippen LogP contribution >= 0.6 is 12.2 Å². The molecule has 2 N–H and O–H groups in total. The molecule has 2 aromatic carbocycles. The topological polar surface area (TPSA) is 45.6 Å². The van der Waals surface area contributed by atoms with Crippen molar-refractivity contribution in [3.63, 3.8) is 0 Å². The van der Waals surface area contributed by atoms with Crippen LogP contribution < -0.4 is 15.5 Å². The Morgan fingerprint density at radius 1 is 1.08 bits per heavy atom. The Bertz CT molecular complexity index is 749. The van der Waals surface area contributed by atoms with Crippen molar-refractivity contribution in [2.45, 2.75) is 13.8 Å². The van der Waals surface area contributed by atoms with Crippen LogP contribution in [0.25, 0.3) is 6.08 Å². The maximum Gasteiger partial charge on any atom is 0.191 e. The molecule has 4 nitrogen and oxygen atoms in total. The molecule has 124 valence electrons. The molecule has 0 amide bonds. The van der Waals surface area contributed by atoms with E-state index >= 15 is 0 Å². The summed E-state index contributed by atoms with van der Waals surface area (Å²) in [6.45, 7) is 4.08. The van der Waals surface area contributed by atoms with Gasteiger partial charge in [-0.05, 0) is 55.4 Å². The molecule has 0 aliphatic heterocycles. The lowest BCUT2D eigenvalue weighted by Crippen LogP contribution is -2.24. The maximum absolute atomic E-state index is 5.29. The summed E-state index contributed by atoms with van der Waals surface area (Å²) < 4.78 is 5.29. The number of thiocarbonyl (C=S) groups is 1. The van der Waals surface area contributed by atoms with Crippen molar-refractivity contribution in [1.29, 1.82) is 0 Å². The van der Waals surface area contributed by atoms with Crippen LogP contribution in [0.5, 0.6) is 5.75 Å². The minimum atomic E-state index is 0.453. The van der Waals surface area contributed by atoms with E-state index in [0.717, 1.165) is 28.1 Å². The normalized spacial score (nSPS) is 11.0. The van der Waals surface area contributed by atoms with Crippen LogP contribution in [0.4, 0.5) is 5.69 Å². The first-order chi connectivity index (χ1) is 11.6. The Morgan fingerprint density at radius 3 is 2.50 bits per heavy atom. The molecule has 0 spiro atoms. The van der Waals surface area contributed by atoms with Crippen LogP contribution in [0.2, 0.25) is 0 Å². The molecule has 0 saturated heterocycles. The molecule has 0 radical (unpaired) electrons. The van der Waals surface area contributed by atoms with Crippen molar-refractivity contribution in [2.75, 3.05) is 12.4 Å². The number of aryl methyl sites for hydroxylation is 2. The van der Waals surface area contributed by atoms with E-state index in [1.165, 1.54) is 0 Å². The summed E-state index contributed by atoms with van der Waals surface area (Å²) in [6.07, 6.45) is 5.39. The van der Waals surface area contributed by atoms with Gasteiger partial charge in [0.15, 0.2) is 5.11 Å². The molecule has 0 aliphatic carbocycles. The molecular weight excluding hydrogens is 318 g/mol. The average molecular weight is 339 g/mol. The number of hydrazone groups is 1. The second kappa shape index (κ2) is 8.84. The Hall–Kier alpha value is -2.66. The molecule has 0 bridgehead atoms. The summed E-state index contributed by atoms with van der Waals surface area (Å²) in [5, 5.41) is 7.71. The Morgan fingerprint density at radius 2 is 1.79 bits per heavy atom. The van der Waals surface area contributed by atoms with Crippen molar-refractivity contribution >= 4 is 35.3 Å². The molecule has 2 aromatic rings. The molecule has 5 heteroatoms. The number of allylic oxidation sites excluding steroid dienone is 1. The van der Waals surface area contributed by atoms with Gasteiger partial charge in [-0.15, -0.1) is 0 Å². The number of benzene rings is 2. The fraction of sp³-hybridized carbons (Fsp3) is 0.158. The number of hydrogen-bond donors (Lipinski definition) is 2. The first kappa shape index (κ1) is 17.7. The lowest BCUT2D eigenvalue weighted by atomic mass is 10.1. The smallest absolute Gasteiger partial charge is 0.191 e. The molecule has 0 fully saturated rings. The van der Waals surface area contributed by atoms with Gasteiger partial charge in [-0.2, -0.15) is 5.10 Å². The van der Waals surface area contributed by atoms with E-state index in [1.807, 2.05) is 68.5 Å². The van der Waals surface area contributed by atoms with E-state index in [0.29, 0.717) is 5.11 Å². The van der Waals surface area contributed by atoms with E-state index < -0.39 is 0 Å². The van der Waals surface area contributed by atoms with Crippen molar-refractivity contribution in [1.82, 2.24) is 5.43 Å². The number of anilines is 1. The number of nitrogens with zero attached hydrogens (tertiary/aromatic N) is 1. The Balaban J connectivity index is 1.90. The number of ether oxygens (including phenoxy) is 1. The van der Waals surface area contributed by atoms with Crippen molar-refractivity contribution in [3.8, 4) is 5.75 Å². The summed E-state index contributed by atoms with van der Waals surface area (Å²) >= 11 is 5.26. The van der Waals surface area contributed by atoms with E-state index in [4.69, 9.17) is 17.0 Å². The summed E-state index contributed by atoms with van der Waals surface area (Å²) in [7, 11) is 1.65. The van der Waals surface area contributed by atoms with Crippen LogP contribution in [-0.4, -0.2) is 18.4 Å². The van der Waals surface area contributed by atoms with Gasteiger partial charge in [-0.25, -0.2) is 0 Å². The zero-order valence-electron chi connectivity index (χ0n) is 14.0. The quantitative estimate of drug-likeness (QED) is 0.484. The van der Waals surface area contributed by atoms with Crippen LogP contribution in [0.15, 0.2) is 53.6 Å². The van der Waals surface area contributed by atoms with E-state index in [-0.39, 0.29) is 0 Å². The van der Waals surface area contributed by atoms with E-state index in [2.05, 4.69) is 15.8 Å². The maximum atomic E-state index is 5.29. The number of rotatable bonds is 5. The third-order valence-corrected chi connectivity index (χ3v) is 3.65. The SMILES string of the molecule is COc1ccccc1/C=C/C=N/NC(=S)Nc1c(C)cccc1C. The molecule has 0 saturated carbocycles. The molecule has 0 heterocycles. The van der Waals surface area contributed by atoms with Gasteiger partial charge in [-0.1, -0.05) is 36.4 Å². The molecule has 24 heavy (non-hydrogen) atoms. The molecule has 0 aliphatic rings. The number of methoxy groups -OCH3 is 1. The highest BCUT2D eigenvalue weighted by atomic mass is 32.1. The third-order valence-electron chi connectivity index (χ3n) is 3.46. The second-order valence-corrected chi connectivity index (χ2v) is 5.62. The van der Waals surface area contributed by atoms with E-state index in [9.17, 15) is 0 Å². The van der Waals surface area contributed by atoms with Crippen molar-refractivity contribution in [3.05, 3.63) is 65.2 Å². The summed E-state index contributed by atoms with van der Waals surface area (Å²) in [5.74, 6) is 0.822. The highest BCUT2D eigenvalue weighted by molar-refractivity contribution is 7.80. The van der Waals surface area contributed by atoms with Crippen molar-refractivity contribution in [2.24, 2.45) is 5.10 Å². The van der Waals surface area contributed by atoms with Gasteiger partial charge in [0.2, 0.25) is 0 Å². The highest BCUT2D eigenvalue weighted by Gasteiger charge is 2.03. The van der Waals surface area contributed by atoms with Gasteiger partial charge in [-0.3, -0.25) is 5.43 Å². The minimum absolute atomic E-state index is 0.453. The first-order valence-electron chi connectivity index (χ1n) is 7.58. The minimum Gasteiger partial charge on any atom is -0.496 e. The van der Waals surface area contributed by atoms with Gasteiger partial charge in [0, 0.05) is 17.5 Å². The lowest BCUT2D eigenvalue weighted by molar-refractivity contribution is 0.414. The Labute approximate surface area is 148 Å². The van der Waals surface area contributed by atoms with Crippen LogP contribution in [0.1, 0.15) is 16.7 Å². The summed E-state index contributed by atoms with van der Waals surface area (Å²) in [6, 6.07) is 13.9. The standard InChI is InChI=1S/C19H21N3OS/c1-14-8-6-9-15(2)18(14)21-19(24)22-20-13-7-11-16-10-4-5-12-17(16)23-3/h4-13H,1-3H3,(H2,21,22,24)/b11-7+,20-13+. The first-order valence-corrected chi connectivity index (χ1v) is 7.98. The lowest BCUT2D eigenvalue weighted by Gasteiger charge is -2.12. The highest BCUT2D eigenvalue weighted by Crippen LogP contribution is 2.19. The van der Waals surface area contributed by atoms with Gasteiger partial charge >= 0.3 is 0 Å². The van der Waals surface area contributed by atoms with Crippen molar-refractivity contribution < 1.29 is 4.74 Å². The van der Waals surface area contributed by atoms with Gasteiger partial charge in [0.25, 0.3) is 0 Å². The number of hydrogen-bond acceptors (Lipinski definition) is 3. The van der Waals surface area contributed by atoms with Crippen LogP contribution in [0.3, 0.4) is 0 Å². The molecule has 0 aromatic heterocycles.